The van der Waals surface area contributed by atoms with Crippen LogP contribution < -0.4 is 10.5 Å². The molecule has 1 unspecified atom stereocenters. The van der Waals surface area contributed by atoms with Gasteiger partial charge in [-0.2, -0.15) is 0 Å². The number of ether oxygens (including phenoxy) is 1. The van der Waals surface area contributed by atoms with Gasteiger partial charge in [0.05, 0.1) is 7.11 Å². The minimum absolute atomic E-state index is 0.130. The molecule has 0 spiro atoms. The first-order valence-corrected chi connectivity index (χ1v) is 5.77. The van der Waals surface area contributed by atoms with Crippen molar-refractivity contribution in [1.82, 2.24) is 0 Å². The van der Waals surface area contributed by atoms with Crippen molar-refractivity contribution in [1.29, 1.82) is 0 Å². The van der Waals surface area contributed by atoms with Crippen LogP contribution in [-0.4, -0.2) is 24.9 Å². The summed E-state index contributed by atoms with van der Waals surface area (Å²) in [7, 11) is 1.46. The lowest BCUT2D eigenvalue weighted by Crippen LogP contribution is -2.21. The molecule has 0 bridgehead atoms. The molecule has 1 atom stereocenters. The first-order valence-electron chi connectivity index (χ1n) is 5.77. The van der Waals surface area contributed by atoms with E-state index in [2.05, 4.69) is 0 Å². The summed E-state index contributed by atoms with van der Waals surface area (Å²) in [5.74, 6) is -0.0490. The molecule has 17 heavy (non-hydrogen) atoms. The first-order chi connectivity index (χ1) is 8.08. The number of aliphatic hydroxyl groups is 1. The highest BCUT2D eigenvalue weighted by atomic mass is 19.1. The van der Waals surface area contributed by atoms with Crippen LogP contribution in [0.3, 0.4) is 0 Å². The predicted molar refractivity (Wildman–Crippen MR) is 67.7 cm³/mol. The van der Waals surface area contributed by atoms with Crippen LogP contribution in [0.15, 0.2) is 18.2 Å². The molecular weight excluding hydrogens is 221 g/mol. The lowest BCUT2D eigenvalue weighted by molar-refractivity contribution is 0.318. The van der Waals surface area contributed by atoms with Gasteiger partial charge in [0.2, 0.25) is 0 Å². The third-order valence-corrected chi connectivity index (χ3v) is 2.24. The monoisotopic (exact) mass is 243 g/mol. The van der Waals surface area contributed by atoms with Gasteiger partial charge in [0.15, 0.2) is 11.6 Å². The van der Waals surface area contributed by atoms with Crippen molar-refractivity contribution in [2.45, 2.75) is 32.7 Å². The maximum Gasteiger partial charge on any atom is 0.165 e. The maximum atomic E-state index is 13.0. The van der Waals surface area contributed by atoms with Crippen LogP contribution in [0.25, 0.3) is 0 Å². The zero-order valence-corrected chi connectivity index (χ0v) is 10.7. The van der Waals surface area contributed by atoms with E-state index in [0.29, 0.717) is 0 Å². The third kappa shape index (κ3) is 6.24. The molecule has 1 aromatic carbocycles. The molecule has 3 nitrogen and oxygen atoms in total. The van der Waals surface area contributed by atoms with Gasteiger partial charge in [0, 0.05) is 12.6 Å². The van der Waals surface area contributed by atoms with E-state index in [1.807, 2.05) is 6.92 Å². The molecule has 0 radical (unpaired) electrons. The Hall–Kier alpha value is -1.13. The summed E-state index contributed by atoms with van der Waals surface area (Å²) >= 11 is 0. The van der Waals surface area contributed by atoms with E-state index in [-0.39, 0.29) is 24.2 Å². The number of rotatable bonds is 4. The predicted octanol–water partition coefficient (Wildman–Crippen LogP) is 2.11. The molecule has 0 heterocycles. The second-order valence-corrected chi connectivity index (χ2v) is 3.66. The minimum atomic E-state index is -0.332. The molecule has 0 aliphatic carbocycles. The van der Waals surface area contributed by atoms with Gasteiger partial charge in [-0.05, 0) is 37.5 Å². The van der Waals surface area contributed by atoms with Gasteiger partial charge in [-0.15, -0.1) is 0 Å². The lowest BCUT2D eigenvalue weighted by atomic mass is 10.0. The summed E-state index contributed by atoms with van der Waals surface area (Å²) in [6, 6.07) is 4.99. The summed E-state index contributed by atoms with van der Waals surface area (Å²) in [4.78, 5) is 0. The zero-order chi connectivity index (χ0) is 13.3. The van der Waals surface area contributed by atoms with Gasteiger partial charge in [-0.25, -0.2) is 4.39 Å². The zero-order valence-electron chi connectivity index (χ0n) is 10.7. The van der Waals surface area contributed by atoms with Crippen LogP contribution in [0.4, 0.5) is 4.39 Å². The minimum Gasteiger partial charge on any atom is -0.494 e. The molecular formula is C13H22FNO2. The van der Waals surface area contributed by atoms with E-state index in [1.54, 1.807) is 19.1 Å². The Morgan fingerprint density at radius 3 is 2.47 bits per heavy atom. The van der Waals surface area contributed by atoms with Crippen LogP contribution in [0, 0.1) is 5.82 Å². The van der Waals surface area contributed by atoms with Crippen molar-refractivity contribution < 1.29 is 14.2 Å². The van der Waals surface area contributed by atoms with Crippen LogP contribution in [0.5, 0.6) is 5.75 Å². The highest BCUT2D eigenvalue weighted by Crippen LogP contribution is 2.19. The Morgan fingerprint density at radius 2 is 2.00 bits per heavy atom. The SMILES string of the molecule is CCC(N)Cc1ccc(F)c(OC)c1.CCO. The number of benzene rings is 1. The average Bonchev–Trinajstić information content (AvgIpc) is 2.32. The Balaban J connectivity index is 0.000000770. The van der Waals surface area contributed by atoms with E-state index >= 15 is 0 Å². The van der Waals surface area contributed by atoms with Crippen LogP contribution in [-0.2, 0) is 6.42 Å². The molecule has 1 rings (SSSR count). The molecule has 3 N–H and O–H groups in total. The second kappa shape index (κ2) is 8.96. The standard InChI is InChI=1S/C11H16FNO.C2H6O/c1-3-9(13)6-8-4-5-10(12)11(7-8)14-2;1-2-3/h4-5,7,9H,3,6,13H2,1-2H3;3H,2H2,1H3. The highest BCUT2D eigenvalue weighted by Gasteiger charge is 2.06. The first kappa shape index (κ1) is 15.9. The molecule has 0 aliphatic heterocycles. The van der Waals surface area contributed by atoms with Crippen molar-refractivity contribution in [3.8, 4) is 5.75 Å². The molecule has 0 saturated carbocycles. The van der Waals surface area contributed by atoms with Gasteiger partial charge in [0.25, 0.3) is 0 Å². The lowest BCUT2D eigenvalue weighted by Gasteiger charge is -2.10. The van der Waals surface area contributed by atoms with Crippen LogP contribution in [0.1, 0.15) is 25.8 Å². The van der Waals surface area contributed by atoms with Crippen molar-refractivity contribution >= 4 is 0 Å². The molecule has 0 saturated heterocycles. The molecule has 4 heteroatoms. The number of hydrogen-bond acceptors (Lipinski definition) is 3. The summed E-state index contributed by atoms with van der Waals surface area (Å²) in [5, 5.41) is 7.57. The molecule has 0 fully saturated rings. The number of aliphatic hydroxyl groups excluding tert-OH is 1. The Bertz CT molecular complexity index is 318. The number of hydrogen-bond donors (Lipinski definition) is 2. The van der Waals surface area contributed by atoms with Gasteiger partial charge < -0.3 is 15.6 Å². The van der Waals surface area contributed by atoms with Gasteiger partial charge in [-0.1, -0.05) is 13.0 Å². The normalized spacial score (nSPS) is 11.4. The van der Waals surface area contributed by atoms with Gasteiger partial charge in [-0.3, -0.25) is 0 Å². The summed E-state index contributed by atoms with van der Waals surface area (Å²) in [6.07, 6.45) is 1.67. The summed E-state index contributed by atoms with van der Waals surface area (Å²) in [6.45, 7) is 3.96. The molecule has 0 aromatic heterocycles. The Morgan fingerprint density at radius 1 is 1.41 bits per heavy atom. The number of methoxy groups -OCH3 is 1. The number of halogens is 1. The van der Waals surface area contributed by atoms with Crippen molar-refractivity contribution in [2.75, 3.05) is 13.7 Å². The molecule has 1 aromatic rings. The largest absolute Gasteiger partial charge is 0.494 e. The smallest absolute Gasteiger partial charge is 0.165 e. The summed E-state index contributed by atoms with van der Waals surface area (Å²) < 4.78 is 17.9. The van der Waals surface area contributed by atoms with E-state index in [1.165, 1.54) is 13.2 Å². The molecule has 98 valence electrons. The topological polar surface area (TPSA) is 55.5 Å². The van der Waals surface area contributed by atoms with E-state index in [0.717, 1.165) is 18.4 Å². The molecule has 0 aliphatic rings. The van der Waals surface area contributed by atoms with Crippen LogP contribution >= 0.6 is 0 Å². The van der Waals surface area contributed by atoms with Crippen molar-refractivity contribution in [3.05, 3.63) is 29.6 Å². The number of nitrogens with two attached hydrogens (primary N) is 1. The molecule has 0 amide bonds. The van der Waals surface area contributed by atoms with Crippen LogP contribution in [0.2, 0.25) is 0 Å². The average molecular weight is 243 g/mol. The van der Waals surface area contributed by atoms with E-state index < -0.39 is 0 Å². The fraction of sp³-hybridized carbons (Fsp3) is 0.538. The fourth-order valence-electron chi connectivity index (χ4n) is 1.28. The van der Waals surface area contributed by atoms with Crippen molar-refractivity contribution in [2.24, 2.45) is 5.73 Å². The second-order valence-electron chi connectivity index (χ2n) is 3.66. The highest BCUT2D eigenvalue weighted by molar-refractivity contribution is 5.30. The van der Waals surface area contributed by atoms with Gasteiger partial charge in [0.1, 0.15) is 0 Å². The van der Waals surface area contributed by atoms with E-state index in [4.69, 9.17) is 15.6 Å². The fourth-order valence-corrected chi connectivity index (χ4v) is 1.28. The quantitative estimate of drug-likeness (QED) is 0.851. The Kier molecular flexibility index (Phi) is 8.36. The van der Waals surface area contributed by atoms with Crippen molar-refractivity contribution in [3.63, 3.8) is 0 Å². The third-order valence-electron chi connectivity index (χ3n) is 2.24. The summed E-state index contributed by atoms with van der Waals surface area (Å²) in [5.41, 5.74) is 6.81. The maximum absolute atomic E-state index is 13.0. The van der Waals surface area contributed by atoms with Gasteiger partial charge >= 0.3 is 0 Å². The Labute approximate surface area is 102 Å². The van der Waals surface area contributed by atoms with E-state index in [9.17, 15) is 4.39 Å².